The molecule has 0 unspecified atom stereocenters. The fourth-order valence-electron chi connectivity index (χ4n) is 4.15. The Morgan fingerprint density at radius 1 is 1.10 bits per heavy atom. The Balaban J connectivity index is 1.44. The average molecular weight is 408 g/mol. The zero-order chi connectivity index (χ0) is 21.1. The number of urea groups is 1. The number of hydrogen-bond acceptors (Lipinski definition) is 3. The molecule has 6 nitrogen and oxygen atoms in total. The molecule has 0 radical (unpaired) electrons. The third kappa shape index (κ3) is 4.49. The molecule has 2 aromatic rings. The molecule has 2 heterocycles. The average Bonchev–Trinajstić information content (AvgIpc) is 3.11. The number of benzene rings is 2. The number of nitrogens with zero attached hydrogens (tertiary/aromatic N) is 2. The monoisotopic (exact) mass is 407 g/mol. The molecule has 0 aromatic heterocycles. The number of carbonyl (C=O) groups excluding carboxylic acids is 2. The summed E-state index contributed by atoms with van der Waals surface area (Å²) in [7, 11) is 0. The van der Waals surface area contributed by atoms with E-state index in [9.17, 15) is 9.59 Å². The number of carbonyl (C=O) groups is 2. The summed E-state index contributed by atoms with van der Waals surface area (Å²) < 4.78 is 5.95. The maximum absolute atomic E-state index is 12.9. The van der Waals surface area contributed by atoms with E-state index in [1.807, 2.05) is 59.5 Å². The highest BCUT2D eigenvalue weighted by Crippen LogP contribution is 2.26. The van der Waals surface area contributed by atoms with Gasteiger partial charge in [0.25, 0.3) is 0 Å². The number of likely N-dealkylation sites (tertiary alicyclic amines) is 1. The maximum atomic E-state index is 12.9. The van der Waals surface area contributed by atoms with E-state index in [1.54, 1.807) is 4.90 Å². The minimum absolute atomic E-state index is 0.0814. The molecule has 158 valence electrons. The number of ether oxygens (including phenoxy) is 1. The zero-order valence-corrected chi connectivity index (χ0v) is 17.6. The van der Waals surface area contributed by atoms with Gasteiger partial charge in [0.05, 0.1) is 31.7 Å². The summed E-state index contributed by atoms with van der Waals surface area (Å²) in [5, 5.41) is 2.98. The quantitative estimate of drug-likeness (QED) is 0.838. The Morgan fingerprint density at radius 2 is 1.83 bits per heavy atom. The highest BCUT2D eigenvalue weighted by Gasteiger charge is 2.42. The van der Waals surface area contributed by atoms with E-state index in [4.69, 9.17) is 4.74 Å². The van der Waals surface area contributed by atoms with Crippen LogP contribution in [0.25, 0.3) is 0 Å². The first-order valence-electron chi connectivity index (χ1n) is 10.6. The van der Waals surface area contributed by atoms with Gasteiger partial charge in [-0.2, -0.15) is 0 Å². The van der Waals surface area contributed by atoms with Crippen LogP contribution in [0.15, 0.2) is 54.6 Å². The number of hydrogen-bond donors (Lipinski definition) is 1. The van der Waals surface area contributed by atoms with E-state index in [-0.39, 0.29) is 24.1 Å². The van der Waals surface area contributed by atoms with Crippen molar-refractivity contribution in [2.75, 3.05) is 25.0 Å². The van der Waals surface area contributed by atoms with Crippen LogP contribution >= 0.6 is 0 Å². The van der Waals surface area contributed by atoms with Crippen molar-refractivity contribution < 1.29 is 14.3 Å². The van der Waals surface area contributed by atoms with E-state index in [0.717, 1.165) is 11.3 Å². The predicted octanol–water partition coefficient (Wildman–Crippen LogP) is 3.84. The molecule has 2 atom stereocenters. The van der Waals surface area contributed by atoms with Gasteiger partial charge in [0, 0.05) is 18.8 Å². The standard InChI is InChI=1S/C24H29N3O3/c1-17(2)19-8-10-20(11-9-19)25-24(29)26-15-21-22(16-26)30-13-12-23(28)27(21)14-18-6-4-3-5-7-18/h3-11,17,21-22H,12-16H2,1-2H3,(H,25,29)/t21-,22-/m0/s1. The summed E-state index contributed by atoms with van der Waals surface area (Å²) in [4.78, 5) is 29.2. The second-order valence-electron chi connectivity index (χ2n) is 8.35. The Hall–Kier alpha value is -2.86. The Morgan fingerprint density at radius 3 is 2.53 bits per heavy atom. The third-order valence-electron chi connectivity index (χ3n) is 5.92. The minimum Gasteiger partial charge on any atom is -0.374 e. The van der Waals surface area contributed by atoms with Crippen molar-refractivity contribution in [3.63, 3.8) is 0 Å². The fourth-order valence-corrected chi connectivity index (χ4v) is 4.15. The van der Waals surface area contributed by atoms with Gasteiger partial charge in [-0.25, -0.2) is 4.79 Å². The van der Waals surface area contributed by atoms with E-state index in [0.29, 0.717) is 38.6 Å². The summed E-state index contributed by atoms with van der Waals surface area (Å²) in [5.41, 5.74) is 3.09. The van der Waals surface area contributed by atoms with E-state index in [1.165, 1.54) is 5.56 Å². The van der Waals surface area contributed by atoms with Crippen molar-refractivity contribution in [3.05, 3.63) is 65.7 Å². The van der Waals surface area contributed by atoms with Crippen LogP contribution in [0.5, 0.6) is 0 Å². The van der Waals surface area contributed by atoms with E-state index >= 15 is 0 Å². The first-order chi connectivity index (χ1) is 14.5. The highest BCUT2D eigenvalue weighted by molar-refractivity contribution is 5.89. The van der Waals surface area contributed by atoms with Crippen LogP contribution in [0.2, 0.25) is 0 Å². The highest BCUT2D eigenvalue weighted by atomic mass is 16.5. The first kappa shape index (κ1) is 20.4. The van der Waals surface area contributed by atoms with Crippen molar-refractivity contribution in [2.45, 2.75) is 44.9 Å². The molecule has 0 spiro atoms. The second-order valence-corrected chi connectivity index (χ2v) is 8.35. The molecular weight excluding hydrogens is 378 g/mol. The molecule has 2 saturated heterocycles. The van der Waals surface area contributed by atoms with Crippen LogP contribution < -0.4 is 5.32 Å². The van der Waals surface area contributed by atoms with Crippen molar-refractivity contribution in [1.29, 1.82) is 0 Å². The molecule has 1 N–H and O–H groups in total. The molecule has 0 saturated carbocycles. The second kappa shape index (κ2) is 8.88. The topological polar surface area (TPSA) is 61.9 Å². The number of anilines is 1. The van der Waals surface area contributed by atoms with Gasteiger partial charge in [0.1, 0.15) is 0 Å². The molecule has 6 heteroatoms. The molecule has 2 aliphatic heterocycles. The van der Waals surface area contributed by atoms with Gasteiger partial charge < -0.3 is 19.9 Å². The molecule has 0 aliphatic carbocycles. The summed E-state index contributed by atoms with van der Waals surface area (Å²) in [5.74, 6) is 0.531. The summed E-state index contributed by atoms with van der Waals surface area (Å²) >= 11 is 0. The lowest BCUT2D eigenvalue weighted by Crippen LogP contribution is -2.45. The zero-order valence-electron chi connectivity index (χ0n) is 17.6. The van der Waals surface area contributed by atoms with Crippen molar-refractivity contribution in [1.82, 2.24) is 9.80 Å². The van der Waals surface area contributed by atoms with Crippen molar-refractivity contribution >= 4 is 17.6 Å². The van der Waals surface area contributed by atoms with Crippen LogP contribution in [-0.2, 0) is 16.1 Å². The van der Waals surface area contributed by atoms with Crippen LogP contribution in [-0.4, -0.2) is 53.6 Å². The lowest BCUT2D eigenvalue weighted by Gasteiger charge is -2.29. The molecule has 3 amide bonds. The maximum Gasteiger partial charge on any atom is 0.322 e. The SMILES string of the molecule is CC(C)c1ccc(NC(=O)N2C[C@@H]3OCCC(=O)N(Cc4ccccc4)[C@H]3C2)cc1. The number of amides is 3. The van der Waals surface area contributed by atoms with E-state index in [2.05, 4.69) is 19.2 Å². The first-order valence-corrected chi connectivity index (χ1v) is 10.6. The summed E-state index contributed by atoms with van der Waals surface area (Å²) in [6, 6.07) is 17.6. The number of nitrogens with one attached hydrogen (secondary N) is 1. The normalized spacial score (nSPS) is 21.5. The van der Waals surface area contributed by atoms with Gasteiger partial charge in [-0.05, 0) is 29.2 Å². The summed E-state index contributed by atoms with van der Waals surface area (Å²) in [6.45, 7) is 6.18. The molecule has 0 bridgehead atoms. The number of rotatable bonds is 4. The van der Waals surface area contributed by atoms with Gasteiger partial charge in [-0.1, -0.05) is 56.3 Å². The Bertz CT molecular complexity index is 882. The lowest BCUT2D eigenvalue weighted by molar-refractivity contribution is -0.133. The molecule has 30 heavy (non-hydrogen) atoms. The lowest BCUT2D eigenvalue weighted by atomic mass is 10.0. The van der Waals surface area contributed by atoms with E-state index < -0.39 is 0 Å². The molecule has 2 aromatic carbocycles. The van der Waals surface area contributed by atoms with Crippen LogP contribution in [0.3, 0.4) is 0 Å². The predicted molar refractivity (Wildman–Crippen MR) is 116 cm³/mol. The van der Waals surface area contributed by atoms with Gasteiger partial charge in [0.2, 0.25) is 5.91 Å². The number of fused-ring (bicyclic) bond motifs is 1. The Kier molecular flexibility index (Phi) is 6.04. The van der Waals surface area contributed by atoms with Crippen LogP contribution in [0.4, 0.5) is 10.5 Å². The molecule has 2 fully saturated rings. The van der Waals surface area contributed by atoms with Gasteiger partial charge in [-0.15, -0.1) is 0 Å². The Labute approximate surface area is 177 Å². The smallest absolute Gasteiger partial charge is 0.322 e. The summed E-state index contributed by atoms with van der Waals surface area (Å²) in [6.07, 6.45) is 0.225. The fraction of sp³-hybridized carbons (Fsp3) is 0.417. The van der Waals surface area contributed by atoms with Gasteiger partial charge >= 0.3 is 6.03 Å². The third-order valence-corrected chi connectivity index (χ3v) is 5.92. The molecular formula is C24H29N3O3. The van der Waals surface area contributed by atoms with Crippen molar-refractivity contribution in [3.8, 4) is 0 Å². The van der Waals surface area contributed by atoms with Crippen molar-refractivity contribution in [2.24, 2.45) is 0 Å². The van der Waals surface area contributed by atoms with Gasteiger partial charge in [-0.3, -0.25) is 4.79 Å². The molecule has 4 rings (SSSR count). The largest absolute Gasteiger partial charge is 0.374 e. The van der Waals surface area contributed by atoms with Crippen LogP contribution in [0.1, 0.15) is 37.3 Å². The molecule has 2 aliphatic rings. The van der Waals surface area contributed by atoms with Crippen LogP contribution in [0, 0.1) is 0 Å². The van der Waals surface area contributed by atoms with Gasteiger partial charge in [0.15, 0.2) is 0 Å². The minimum atomic E-state index is -0.158.